The molecule has 2 rings (SSSR count). The summed E-state index contributed by atoms with van der Waals surface area (Å²) in [5.74, 6) is 0.945. The van der Waals surface area contributed by atoms with Crippen molar-refractivity contribution >= 4 is 23.5 Å². The minimum absolute atomic E-state index is 0.276. The third kappa shape index (κ3) is 3.96. The highest BCUT2D eigenvalue weighted by Gasteiger charge is 2.05. The van der Waals surface area contributed by atoms with Gasteiger partial charge in [0.2, 0.25) is 11.9 Å². The third-order valence-corrected chi connectivity index (χ3v) is 2.88. The second-order valence-electron chi connectivity index (χ2n) is 4.02. The van der Waals surface area contributed by atoms with E-state index in [1.807, 2.05) is 24.3 Å². The molecule has 0 saturated carbocycles. The molecule has 6 nitrogen and oxygen atoms in total. The molecule has 0 amide bonds. The molecule has 0 aliphatic carbocycles. The first-order chi connectivity index (χ1) is 9.71. The molecule has 0 aliphatic heterocycles. The molecule has 1 heterocycles. The van der Waals surface area contributed by atoms with Gasteiger partial charge in [-0.25, -0.2) is 0 Å². The van der Waals surface area contributed by atoms with Gasteiger partial charge in [-0.2, -0.15) is 15.0 Å². The van der Waals surface area contributed by atoms with Crippen molar-refractivity contribution in [2.45, 2.75) is 6.42 Å². The topological polar surface area (TPSA) is 72.0 Å². The summed E-state index contributed by atoms with van der Waals surface area (Å²) in [6.07, 6.45) is 0.847. The van der Waals surface area contributed by atoms with Crippen molar-refractivity contribution in [2.24, 2.45) is 0 Å². The standard InChI is InChI=1S/C13H16ClN5O/c1-15-11-17-12(19-13(18-11)20-2)16-8-7-9-3-5-10(14)6-4-9/h3-6H,7-8H2,1-2H3,(H2,15,16,17,18,19). The Morgan fingerprint density at radius 2 is 1.80 bits per heavy atom. The van der Waals surface area contributed by atoms with E-state index in [4.69, 9.17) is 16.3 Å². The summed E-state index contributed by atoms with van der Waals surface area (Å²) in [4.78, 5) is 12.4. The van der Waals surface area contributed by atoms with Crippen LogP contribution in [-0.4, -0.2) is 35.7 Å². The van der Waals surface area contributed by atoms with E-state index >= 15 is 0 Å². The van der Waals surface area contributed by atoms with Gasteiger partial charge in [0.25, 0.3) is 0 Å². The van der Waals surface area contributed by atoms with Crippen molar-refractivity contribution in [1.82, 2.24) is 15.0 Å². The molecule has 7 heteroatoms. The Morgan fingerprint density at radius 1 is 1.10 bits per heavy atom. The van der Waals surface area contributed by atoms with Gasteiger partial charge in [-0.1, -0.05) is 23.7 Å². The molecule has 0 fully saturated rings. The van der Waals surface area contributed by atoms with Crippen LogP contribution in [0.15, 0.2) is 24.3 Å². The van der Waals surface area contributed by atoms with E-state index in [9.17, 15) is 0 Å². The highest BCUT2D eigenvalue weighted by atomic mass is 35.5. The lowest BCUT2D eigenvalue weighted by Gasteiger charge is -2.08. The molecule has 0 saturated heterocycles. The van der Waals surface area contributed by atoms with Crippen LogP contribution >= 0.6 is 11.6 Å². The Labute approximate surface area is 122 Å². The van der Waals surface area contributed by atoms with E-state index in [2.05, 4.69) is 25.6 Å². The van der Waals surface area contributed by atoms with Gasteiger partial charge in [-0.05, 0) is 24.1 Å². The molecule has 0 radical (unpaired) electrons. The number of ether oxygens (including phenoxy) is 1. The molecule has 2 N–H and O–H groups in total. The molecule has 0 atom stereocenters. The van der Waals surface area contributed by atoms with Crippen LogP contribution in [0.25, 0.3) is 0 Å². The first kappa shape index (κ1) is 14.3. The second-order valence-corrected chi connectivity index (χ2v) is 4.46. The predicted octanol–water partition coefficient (Wildman–Crippen LogP) is 2.23. The second kappa shape index (κ2) is 6.91. The average Bonchev–Trinajstić information content (AvgIpc) is 2.49. The minimum Gasteiger partial charge on any atom is -0.467 e. The molecule has 2 aromatic rings. The number of rotatable bonds is 6. The van der Waals surface area contributed by atoms with Gasteiger partial charge in [0.05, 0.1) is 7.11 Å². The molecule has 1 aromatic heterocycles. The van der Waals surface area contributed by atoms with Gasteiger partial charge >= 0.3 is 6.01 Å². The van der Waals surface area contributed by atoms with Crippen molar-refractivity contribution in [3.05, 3.63) is 34.9 Å². The molecule has 0 aliphatic rings. The van der Waals surface area contributed by atoms with Crippen molar-refractivity contribution in [2.75, 3.05) is 31.3 Å². The van der Waals surface area contributed by atoms with Gasteiger partial charge in [0.15, 0.2) is 0 Å². The molecule has 106 valence electrons. The van der Waals surface area contributed by atoms with Crippen LogP contribution in [0.3, 0.4) is 0 Å². The number of methoxy groups -OCH3 is 1. The maximum atomic E-state index is 5.84. The SMILES string of the molecule is CNc1nc(NCCc2ccc(Cl)cc2)nc(OC)n1. The summed E-state index contributed by atoms with van der Waals surface area (Å²) in [5, 5.41) is 6.74. The third-order valence-electron chi connectivity index (χ3n) is 2.63. The zero-order valence-corrected chi connectivity index (χ0v) is 12.1. The van der Waals surface area contributed by atoms with Crippen molar-refractivity contribution in [1.29, 1.82) is 0 Å². The molecule has 0 spiro atoms. The zero-order chi connectivity index (χ0) is 14.4. The maximum absolute atomic E-state index is 5.84. The van der Waals surface area contributed by atoms with E-state index < -0.39 is 0 Å². The fourth-order valence-corrected chi connectivity index (χ4v) is 1.73. The van der Waals surface area contributed by atoms with Gasteiger partial charge in [0, 0.05) is 18.6 Å². The fraction of sp³-hybridized carbons (Fsp3) is 0.308. The lowest BCUT2D eigenvalue weighted by atomic mass is 10.1. The first-order valence-electron chi connectivity index (χ1n) is 6.17. The number of nitrogens with one attached hydrogen (secondary N) is 2. The lowest BCUT2D eigenvalue weighted by Crippen LogP contribution is -2.11. The van der Waals surface area contributed by atoms with Crippen molar-refractivity contribution in [3.63, 3.8) is 0 Å². The Hall–Kier alpha value is -2.08. The Bertz CT molecular complexity index is 539. The quantitative estimate of drug-likeness (QED) is 0.851. The number of anilines is 2. The largest absolute Gasteiger partial charge is 0.467 e. The molecule has 20 heavy (non-hydrogen) atoms. The van der Waals surface area contributed by atoms with E-state index in [0.717, 1.165) is 11.4 Å². The predicted molar refractivity (Wildman–Crippen MR) is 79.6 cm³/mol. The monoisotopic (exact) mass is 293 g/mol. The number of benzene rings is 1. The van der Waals surface area contributed by atoms with E-state index in [0.29, 0.717) is 18.4 Å². The van der Waals surface area contributed by atoms with Crippen LogP contribution in [0.1, 0.15) is 5.56 Å². The van der Waals surface area contributed by atoms with Gasteiger partial charge in [0.1, 0.15) is 0 Å². The molecule has 0 unspecified atom stereocenters. The van der Waals surface area contributed by atoms with Gasteiger partial charge in [-0.3, -0.25) is 0 Å². The molecule has 1 aromatic carbocycles. The molecular weight excluding hydrogens is 278 g/mol. The van der Waals surface area contributed by atoms with Crippen molar-refractivity contribution < 1.29 is 4.74 Å². The maximum Gasteiger partial charge on any atom is 0.322 e. The number of aromatic nitrogens is 3. The van der Waals surface area contributed by atoms with Crippen LogP contribution in [0.5, 0.6) is 6.01 Å². The van der Waals surface area contributed by atoms with E-state index in [1.54, 1.807) is 7.05 Å². The van der Waals surface area contributed by atoms with Crippen LogP contribution in [0.2, 0.25) is 5.02 Å². The summed E-state index contributed by atoms with van der Waals surface area (Å²) < 4.78 is 5.02. The summed E-state index contributed by atoms with van der Waals surface area (Å²) >= 11 is 5.84. The Morgan fingerprint density at radius 3 is 2.45 bits per heavy atom. The Balaban J connectivity index is 1.94. The summed E-state index contributed by atoms with van der Waals surface area (Å²) in [6.45, 7) is 0.706. The van der Waals surface area contributed by atoms with Crippen LogP contribution in [-0.2, 0) is 6.42 Å². The summed E-state index contributed by atoms with van der Waals surface area (Å²) in [5.41, 5.74) is 1.19. The summed E-state index contributed by atoms with van der Waals surface area (Å²) in [7, 11) is 3.26. The number of hydrogen-bond acceptors (Lipinski definition) is 6. The average molecular weight is 294 g/mol. The number of hydrogen-bond donors (Lipinski definition) is 2. The highest BCUT2D eigenvalue weighted by molar-refractivity contribution is 6.30. The number of nitrogens with zero attached hydrogens (tertiary/aromatic N) is 3. The van der Waals surface area contributed by atoms with Crippen LogP contribution in [0, 0.1) is 0 Å². The Kier molecular flexibility index (Phi) is 4.95. The minimum atomic E-state index is 0.276. The number of halogens is 1. The summed E-state index contributed by atoms with van der Waals surface area (Å²) in [6, 6.07) is 8.02. The van der Waals surface area contributed by atoms with Crippen molar-refractivity contribution in [3.8, 4) is 6.01 Å². The fourth-order valence-electron chi connectivity index (χ4n) is 1.61. The zero-order valence-electron chi connectivity index (χ0n) is 11.4. The smallest absolute Gasteiger partial charge is 0.322 e. The van der Waals surface area contributed by atoms with Gasteiger partial charge in [-0.15, -0.1) is 0 Å². The lowest BCUT2D eigenvalue weighted by molar-refractivity contribution is 0.379. The molecule has 0 bridgehead atoms. The van der Waals surface area contributed by atoms with E-state index in [-0.39, 0.29) is 6.01 Å². The first-order valence-corrected chi connectivity index (χ1v) is 6.55. The van der Waals surface area contributed by atoms with E-state index in [1.165, 1.54) is 12.7 Å². The van der Waals surface area contributed by atoms with Crippen LogP contribution < -0.4 is 15.4 Å². The normalized spacial score (nSPS) is 10.2. The van der Waals surface area contributed by atoms with Gasteiger partial charge < -0.3 is 15.4 Å². The van der Waals surface area contributed by atoms with Crippen LogP contribution in [0.4, 0.5) is 11.9 Å². The molecular formula is C13H16ClN5O. The highest BCUT2D eigenvalue weighted by Crippen LogP contribution is 2.12.